The van der Waals surface area contributed by atoms with Crippen molar-refractivity contribution in [3.63, 3.8) is 0 Å². The van der Waals surface area contributed by atoms with Gasteiger partial charge in [-0.15, -0.1) is 0 Å². The fourth-order valence-corrected chi connectivity index (χ4v) is 3.40. The number of fused-ring (bicyclic) bond motifs is 1. The smallest absolute Gasteiger partial charge is 0.253 e. The Labute approximate surface area is 151 Å². The summed E-state index contributed by atoms with van der Waals surface area (Å²) >= 11 is 0. The van der Waals surface area contributed by atoms with Crippen LogP contribution in [0.3, 0.4) is 0 Å². The minimum atomic E-state index is -0.173. The second kappa shape index (κ2) is 7.17. The van der Waals surface area contributed by atoms with E-state index >= 15 is 0 Å². The molecule has 2 aromatic carbocycles. The zero-order chi connectivity index (χ0) is 17.9. The van der Waals surface area contributed by atoms with Crippen LogP contribution in [0.4, 0.5) is 0 Å². The first-order valence-electron chi connectivity index (χ1n) is 9.01. The van der Waals surface area contributed by atoms with Crippen LogP contribution >= 0.6 is 0 Å². The molecule has 1 aliphatic rings. The van der Waals surface area contributed by atoms with Crippen molar-refractivity contribution in [1.29, 1.82) is 0 Å². The first-order chi connectivity index (χ1) is 12.7. The molecule has 2 heterocycles. The summed E-state index contributed by atoms with van der Waals surface area (Å²) < 4.78 is 0. The van der Waals surface area contributed by atoms with Gasteiger partial charge in [0.25, 0.3) is 5.91 Å². The van der Waals surface area contributed by atoms with Crippen LogP contribution in [-0.4, -0.2) is 40.1 Å². The quantitative estimate of drug-likeness (QED) is 0.582. The summed E-state index contributed by atoms with van der Waals surface area (Å²) in [4.78, 5) is 20.4. The van der Waals surface area contributed by atoms with E-state index in [0.29, 0.717) is 35.0 Å². The highest BCUT2D eigenvalue weighted by molar-refractivity contribution is 6.06. The Morgan fingerprint density at radius 2 is 2.04 bits per heavy atom. The topological polar surface area (TPSA) is 90.0 Å². The highest BCUT2D eigenvalue weighted by Crippen LogP contribution is 2.29. The lowest BCUT2D eigenvalue weighted by Crippen LogP contribution is -2.43. The number of aromatic hydroxyl groups is 1. The van der Waals surface area contributed by atoms with Crippen LogP contribution in [0.2, 0.25) is 0 Å². The van der Waals surface area contributed by atoms with Gasteiger partial charge < -0.3 is 20.7 Å². The number of piperidine rings is 1. The van der Waals surface area contributed by atoms with E-state index in [4.69, 9.17) is 0 Å². The largest absolute Gasteiger partial charge is 0.506 e. The molecule has 4 N–H and O–H groups in total. The predicted octanol–water partition coefficient (Wildman–Crippen LogP) is 2.81. The van der Waals surface area contributed by atoms with Gasteiger partial charge in [-0.1, -0.05) is 36.8 Å². The Balaban J connectivity index is 1.61. The van der Waals surface area contributed by atoms with Gasteiger partial charge in [0, 0.05) is 18.2 Å². The lowest BCUT2D eigenvalue weighted by Gasteiger charge is -2.23. The molecule has 0 radical (unpaired) electrons. The molecule has 0 bridgehead atoms. The average molecular weight is 350 g/mol. The molecular formula is C20H22N4O2. The number of rotatable bonds is 4. The van der Waals surface area contributed by atoms with Gasteiger partial charge in [-0.05, 0) is 31.5 Å². The monoisotopic (exact) mass is 350 g/mol. The van der Waals surface area contributed by atoms with Gasteiger partial charge in [-0.25, -0.2) is 4.98 Å². The van der Waals surface area contributed by atoms with Gasteiger partial charge in [0.15, 0.2) is 0 Å². The van der Waals surface area contributed by atoms with Crippen LogP contribution < -0.4 is 10.6 Å². The van der Waals surface area contributed by atoms with Gasteiger partial charge in [0.1, 0.15) is 22.6 Å². The molecule has 1 saturated heterocycles. The van der Waals surface area contributed by atoms with Crippen molar-refractivity contribution < 1.29 is 9.90 Å². The first kappa shape index (κ1) is 16.6. The summed E-state index contributed by atoms with van der Waals surface area (Å²) in [5.74, 6) is 0.541. The van der Waals surface area contributed by atoms with E-state index in [1.165, 1.54) is 18.9 Å². The molecule has 1 fully saturated rings. The van der Waals surface area contributed by atoms with Gasteiger partial charge in [0.05, 0.1) is 5.56 Å². The number of phenols is 1. The summed E-state index contributed by atoms with van der Waals surface area (Å²) in [6.45, 7) is 1.60. The number of nitrogens with zero attached hydrogens (tertiary/aromatic N) is 1. The predicted molar refractivity (Wildman–Crippen MR) is 101 cm³/mol. The van der Waals surface area contributed by atoms with E-state index in [1.807, 2.05) is 30.3 Å². The maximum absolute atomic E-state index is 12.7. The molecule has 3 aromatic rings. The summed E-state index contributed by atoms with van der Waals surface area (Å²) in [7, 11) is 0. The third kappa shape index (κ3) is 3.28. The van der Waals surface area contributed by atoms with Crippen molar-refractivity contribution in [2.45, 2.75) is 25.3 Å². The van der Waals surface area contributed by atoms with Crippen molar-refractivity contribution in [2.75, 3.05) is 13.1 Å². The Morgan fingerprint density at radius 3 is 2.81 bits per heavy atom. The van der Waals surface area contributed by atoms with Crippen LogP contribution in [-0.2, 0) is 0 Å². The molecule has 0 spiro atoms. The number of nitrogens with one attached hydrogen (secondary N) is 3. The van der Waals surface area contributed by atoms with Crippen molar-refractivity contribution in [1.82, 2.24) is 20.6 Å². The molecule has 0 saturated carbocycles. The standard InChI is InChI=1S/C20H22N4O2/c25-16-10-9-15(20(26)22-12-14-8-4-5-11-21-14)17-18(16)24-19(23-17)13-6-2-1-3-7-13/h1-3,6-7,9-10,14,21,25H,4-5,8,11-12H2,(H,22,26)(H,23,24). The van der Waals surface area contributed by atoms with Crippen molar-refractivity contribution in [2.24, 2.45) is 0 Å². The van der Waals surface area contributed by atoms with Gasteiger partial charge in [-0.3, -0.25) is 4.79 Å². The number of hydrogen-bond acceptors (Lipinski definition) is 4. The molecule has 134 valence electrons. The average Bonchev–Trinajstić information content (AvgIpc) is 3.14. The third-order valence-corrected chi connectivity index (χ3v) is 4.84. The maximum Gasteiger partial charge on any atom is 0.253 e. The minimum Gasteiger partial charge on any atom is -0.506 e. The zero-order valence-electron chi connectivity index (χ0n) is 14.5. The summed E-state index contributed by atoms with van der Waals surface area (Å²) in [6.07, 6.45) is 3.46. The maximum atomic E-state index is 12.7. The van der Waals surface area contributed by atoms with Crippen LogP contribution in [0.15, 0.2) is 42.5 Å². The van der Waals surface area contributed by atoms with E-state index in [2.05, 4.69) is 20.6 Å². The summed E-state index contributed by atoms with van der Waals surface area (Å²) in [5.41, 5.74) is 2.33. The number of hydrogen-bond donors (Lipinski definition) is 4. The highest BCUT2D eigenvalue weighted by Gasteiger charge is 2.19. The number of amides is 1. The van der Waals surface area contributed by atoms with Gasteiger partial charge in [-0.2, -0.15) is 0 Å². The Morgan fingerprint density at radius 1 is 1.19 bits per heavy atom. The van der Waals surface area contributed by atoms with E-state index in [-0.39, 0.29) is 11.7 Å². The molecule has 26 heavy (non-hydrogen) atoms. The molecule has 1 atom stereocenters. The number of aromatic nitrogens is 2. The molecular weight excluding hydrogens is 328 g/mol. The Hall–Kier alpha value is -2.86. The Kier molecular flexibility index (Phi) is 4.58. The molecule has 1 aromatic heterocycles. The second-order valence-electron chi connectivity index (χ2n) is 6.66. The number of H-pyrrole nitrogens is 1. The fourth-order valence-electron chi connectivity index (χ4n) is 3.40. The van der Waals surface area contributed by atoms with Gasteiger partial charge >= 0.3 is 0 Å². The van der Waals surface area contributed by atoms with Crippen molar-refractivity contribution in [3.8, 4) is 17.1 Å². The minimum absolute atomic E-state index is 0.0835. The third-order valence-electron chi connectivity index (χ3n) is 4.84. The SMILES string of the molecule is O=C(NCC1CCCCN1)c1ccc(O)c2[nH]c(-c3ccccc3)nc12. The molecule has 0 aliphatic carbocycles. The molecule has 6 heteroatoms. The summed E-state index contributed by atoms with van der Waals surface area (Å²) in [5, 5.41) is 16.6. The molecule has 1 amide bonds. The summed E-state index contributed by atoms with van der Waals surface area (Å²) in [6, 6.07) is 13.1. The van der Waals surface area contributed by atoms with Crippen LogP contribution in [0.1, 0.15) is 29.6 Å². The van der Waals surface area contributed by atoms with E-state index in [1.54, 1.807) is 6.07 Å². The van der Waals surface area contributed by atoms with Crippen molar-refractivity contribution >= 4 is 16.9 Å². The van der Waals surface area contributed by atoms with Crippen LogP contribution in [0, 0.1) is 0 Å². The lowest BCUT2D eigenvalue weighted by molar-refractivity contribution is 0.0949. The second-order valence-corrected chi connectivity index (χ2v) is 6.66. The first-order valence-corrected chi connectivity index (χ1v) is 9.01. The fraction of sp³-hybridized carbons (Fsp3) is 0.300. The molecule has 1 unspecified atom stereocenters. The van der Waals surface area contributed by atoms with Crippen molar-refractivity contribution in [3.05, 3.63) is 48.0 Å². The number of benzene rings is 2. The number of imidazole rings is 1. The van der Waals surface area contributed by atoms with E-state index < -0.39 is 0 Å². The highest BCUT2D eigenvalue weighted by atomic mass is 16.3. The van der Waals surface area contributed by atoms with Crippen LogP contribution in [0.25, 0.3) is 22.4 Å². The normalized spacial score (nSPS) is 17.3. The van der Waals surface area contributed by atoms with E-state index in [0.717, 1.165) is 18.5 Å². The van der Waals surface area contributed by atoms with Gasteiger partial charge in [0.2, 0.25) is 0 Å². The zero-order valence-corrected chi connectivity index (χ0v) is 14.5. The lowest BCUT2D eigenvalue weighted by atomic mass is 10.0. The number of aromatic amines is 1. The molecule has 6 nitrogen and oxygen atoms in total. The number of carbonyl (C=O) groups is 1. The molecule has 4 rings (SSSR count). The molecule has 1 aliphatic heterocycles. The number of carbonyl (C=O) groups excluding carboxylic acids is 1. The van der Waals surface area contributed by atoms with Crippen LogP contribution in [0.5, 0.6) is 5.75 Å². The Bertz CT molecular complexity index is 914. The van der Waals surface area contributed by atoms with E-state index in [9.17, 15) is 9.90 Å². The number of phenolic OH excluding ortho intramolecular Hbond substituents is 1.